The van der Waals surface area contributed by atoms with Gasteiger partial charge in [0.1, 0.15) is 12.4 Å². The molecule has 0 atom stereocenters. The van der Waals surface area contributed by atoms with Gasteiger partial charge in [-0.05, 0) is 32.8 Å². The van der Waals surface area contributed by atoms with E-state index in [4.69, 9.17) is 9.47 Å². The van der Waals surface area contributed by atoms with Crippen molar-refractivity contribution in [3.63, 3.8) is 0 Å². The van der Waals surface area contributed by atoms with Crippen molar-refractivity contribution >= 4 is 26.7 Å². The summed E-state index contributed by atoms with van der Waals surface area (Å²) in [6.07, 6.45) is 0. The Labute approximate surface area is 120 Å². The second-order valence-corrected chi connectivity index (χ2v) is 5.83. The molecule has 0 radical (unpaired) electrons. The molecule has 0 aliphatic carbocycles. The summed E-state index contributed by atoms with van der Waals surface area (Å²) in [6, 6.07) is 12.1. The van der Waals surface area contributed by atoms with Crippen LogP contribution in [0, 0.1) is 5.41 Å². The molecule has 3 rings (SSSR count). The Balaban J connectivity index is 1.83. The molecule has 0 saturated carbocycles. The maximum Gasteiger partial charge on any atom is 0.134 e. The lowest BCUT2D eigenvalue weighted by atomic mass is 9.88. The molecule has 2 aromatic carbocycles. The fourth-order valence-corrected chi connectivity index (χ4v) is 2.77. The number of ether oxygens (including phenoxy) is 2. The molecule has 0 amide bonds. The summed E-state index contributed by atoms with van der Waals surface area (Å²) in [5, 5.41) is 11.7. The molecule has 1 heterocycles. The fourth-order valence-electron chi connectivity index (χ4n) is 2.17. The Bertz CT molecular complexity index is 587. The topological polar surface area (TPSA) is 38.7 Å². The van der Waals surface area contributed by atoms with Gasteiger partial charge in [0, 0.05) is 0 Å². The molecule has 1 aliphatic rings. The Morgan fingerprint density at radius 1 is 1.21 bits per heavy atom. The number of hydrogen-bond acceptors (Lipinski definition) is 3. The third-order valence-electron chi connectivity index (χ3n) is 3.51. The van der Waals surface area contributed by atoms with Gasteiger partial charge in [0.25, 0.3) is 0 Å². The first kappa shape index (κ1) is 12.9. The summed E-state index contributed by atoms with van der Waals surface area (Å²) in [5.74, 6) is 0.804. The van der Waals surface area contributed by atoms with E-state index in [9.17, 15) is 5.11 Å². The van der Waals surface area contributed by atoms with Crippen molar-refractivity contribution in [3.05, 3.63) is 40.9 Å². The Hall–Kier alpha value is -1.10. The van der Waals surface area contributed by atoms with Crippen molar-refractivity contribution in [2.75, 3.05) is 26.4 Å². The van der Waals surface area contributed by atoms with Gasteiger partial charge in [0.05, 0.1) is 29.7 Å². The van der Waals surface area contributed by atoms with Gasteiger partial charge in [0.15, 0.2) is 0 Å². The molecule has 1 saturated heterocycles. The predicted octanol–water partition coefficient (Wildman–Crippen LogP) is 2.99. The van der Waals surface area contributed by atoms with Crippen LogP contribution in [0.25, 0.3) is 10.8 Å². The molecule has 0 unspecified atom stereocenters. The SMILES string of the molecule is OCC1(COc2ccc3ccccc3c2Br)COC1. The Kier molecular flexibility index (Phi) is 3.48. The van der Waals surface area contributed by atoms with Crippen LogP contribution in [0.15, 0.2) is 40.9 Å². The summed E-state index contributed by atoms with van der Waals surface area (Å²) in [7, 11) is 0. The third kappa shape index (κ3) is 2.36. The van der Waals surface area contributed by atoms with E-state index in [0.717, 1.165) is 15.6 Å². The molecular formula is C15H15BrO3. The summed E-state index contributed by atoms with van der Waals surface area (Å²) in [4.78, 5) is 0. The maximum absolute atomic E-state index is 9.38. The lowest BCUT2D eigenvalue weighted by molar-refractivity contribution is -0.153. The highest BCUT2D eigenvalue weighted by molar-refractivity contribution is 9.10. The lowest BCUT2D eigenvalue weighted by Gasteiger charge is -2.39. The van der Waals surface area contributed by atoms with Crippen molar-refractivity contribution in [2.24, 2.45) is 5.41 Å². The monoisotopic (exact) mass is 322 g/mol. The van der Waals surface area contributed by atoms with E-state index in [1.807, 2.05) is 24.3 Å². The van der Waals surface area contributed by atoms with Crippen molar-refractivity contribution in [1.29, 1.82) is 0 Å². The first-order valence-electron chi connectivity index (χ1n) is 6.23. The molecule has 3 nitrogen and oxygen atoms in total. The van der Waals surface area contributed by atoms with E-state index in [0.29, 0.717) is 19.8 Å². The zero-order valence-electron chi connectivity index (χ0n) is 10.4. The van der Waals surface area contributed by atoms with Crippen molar-refractivity contribution in [1.82, 2.24) is 0 Å². The molecule has 4 heteroatoms. The van der Waals surface area contributed by atoms with Crippen LogP contribution >= 0.6 is 15.9 Å². The van der Waals surface area contributed by atoms with Gasteiger partial charge in [0.2, 0.25) is 0 Å². The number of rotatable bonds is 4. The van der Waals surface area contributed by atoms with Gasteiger partial charge in [-0.15, -0.1) is 0 Å². The van der Waals surface area contributed by atoms with E-state index >= 15 is 0 Å². The van der Waals surface area contributed by atoms with Crippen LogP contribution in [0.4, 0.5) is 0 Å². The number of halogens is 1. The molecular weight excluding hydrogens is 308 g/mol. The average Bonchev–Trinajstić information content (AvgIpc) is 2.40. The van der Waals surface area contributed by atoms with Gasteiger partial charge >= 0.3 is 0 Å². The van der Waals surface area contributed by atoms with Gasteiger partial charge in [-0.2, -0.15) is 0 Å². The van der Waals surface area contributed by atoms with Gasteiger partial charge in [-0.1, -0.05) is 30.3 Å². The molecule has 0 spiro atoms. The normalized spacial score (nSPS) is 17.2. The predicted molar refractivity (Wildman–Crippen MR) is 77.5 cm³/mol. The molecule has 0 aromatic heterocycles. The highest BCUT2D eigenvalue weighted by Gasteiger charge is 2.39. The molecule has 1 N–H and O–H groups in total. The average molecular weight is 323 g/mol. The Morgan fingerprint density at radius 2 is 2.00 bits per heavy atom. The summed E-state index contributed by atoms with van der Waals surface area (Å²) in [6.45, 7) is 1.70. The van der Waals surface area contributed by atoms with Crippen LogP contribution < -0.4 is 4.74 Å². The van der Waals surface area contributed by atoms with Gasteiger partial charge in [-0.3, -0.25) is 0 Å². The van der Waals surface area contributed by atoms with E-state index in [1.165, 1.54) is 5.39 Å². The second kappa shape index (κ2) is 5.12. The number of aliphatic hydroxyl groups excluding tert-OH is 1. The van der Waals surface area contributed by atoms with Crippen LogP contribution in [-0.4, -0.2) is 31.5 Å². The number of aliphatic hydroxyl groups is 1. The van der Waals surface area contributed by atoms with Gasteiger partial charge < -0.3 is 14.6 Å². The summed E-state index contributed by atoms with van der Waals surface area (Å²) < 4.78 is 12.0. The van der Waals surface area contributed by atoms with Crippen molar-refractivity contribution in [3.8, 4) is 5.75 Å². The molecule has 2 aromatic rings. The van der Waals surface area contributed by atoms with Crippen LogP contribution in [0.5, 0.6) is 5.75 Å². The fraction of sp³-hybridized carbons (Fsp3) is 0.333. The zero-order chi connectivity index (χ0) is 13.3. The largest absolute Gasteiger partial charge is 0.492 e. The Morgan fingerprint density at radius 3 is 2.68 bits per heavy atom. The van der Waals surface area contributed by atoms with Crippen molar-refractivity contribution < 1.29 is 14.6 Å². The minimum absolute atomic E-state index is 0.0954. The smallest absolute Gasteiger partial charge is 0.134 e. The van der Waals surface area contributed by atoms with Crippen LogP contribution in [-0.2, 0) is 4.74 Å². The minimum Gasteiger partial charge on any atom is -0.492 e. The summed E-state index contributed by atoms with van der Waals surface area (Å²) in [5.41, 5.74) is -0.231. The van der Waals surface area contributed by atoms with E-state index in [1.54, 1.807) is 0 Å². The highest BCUT2D eigenvalue weighted by Crippen LogP contribution is 2.35. The highest BCUT2D eigenvalue weighted by atomic mass is 79.9. The van der Waals surface area contributed by atoms with Crippen LogP contribution in [0.2, 0.25) is 0 Å². The van der Waals surface area contributed by atoms with Crippen LogP contribution in [0.3, 0.4) is 0 Å². The molecule has 100 valence electrons. The number of fused-ring (bicyclic) bond motifs is 1. The first-order valence-corrected chi connectivity index (χ1v) is 7.02. The maximum atomic E-state index is 9.38. The standard InChI is InChI=1S/C15H15BrO3/c16-14-12-4-2-1-3-11(12)5-6-13(14)19-10-15(7-17)8-18-9-15/h1-6,17H,7-10H2. The van der Waals surface area contributed by atoms with E-state index in [-0.39, 0.29) is 12.0 Å². The quantitative estimate of drug-likeness (QED) is 0.940. The zero-order valence-corrected chi connectivity index (χ0v) is 12.0. The van der Waals surface area contributed by atoms with Gasteiger partial charge in [-0.25, -0.2) is 0 Å². The molecule has 1 fully saturated rings. The van der Waals surface area contributed by atoms with Crippen molar-refractivity contribution in [2.45, 2.75) is 0 Å². The molecule has 1 aliphatic heterocycles. The first-order chi connectivity index (χ1) is 9.24. The number of benzene rings is 2. The molecule has 19 heavy (non-hydrogen) atoms. The molecule has 0 bridgehead atoms. The van der Waals surface area contributed by atoms with Crippen LogP contribution in [0.1, 0.15) is 0 Å². The minimum atomic E-state index is -0.231. The number of hydrogen-bond donors (Lipinski definition) is 1. The lowest BCUT2D eigenvalue weighted by Crippen LogP contribution is -2.49. The van der Waals surface area contributed by atoms with E-state index < -0.39 is 0 Å². The van der Waals surface area contributed by atoms with E-state index in [2.05, 4.69) is 28.1 Å². The second-order valence-electron chi connectivity index (χ2n) is 5.04. The third-order valence-corrected chi connectivity index (χ3v) is 4.33. The summed E-state index contributed by atoms with van der Waals surface area (Å²) >= 11 is 3.59.